The van der Waals surface area contributed by atoms with Gasteiger partial charge < -0.3 is 5.73 Å². The van der Waals surface area contributed by atoms with Gasteiger partial charge in [0.05, 0.1) is 23.0 Å². The van der Waals surface area contributed by atoms with Crippen LogP contribution in [0, 0.1) is 0 Å². The van der Waals surface area contributed by atoms with Crippen molar-refractivity contribution < 1.29 is 0 Å². The fraction of sp³-hybridized carbons (Fsp3) is 0.0556. The predicted octanol–water partition coefficient (Wildman–Crippen LogP) is 2.56. The molecule has 5 rings (SSSR count). The Hall–Kier alpha value is -3.21. The Morgan fingerprint density at radius 2 is 1.87 bits per heavy atom. The summed E-state index contributed by atoms with van der Waals surface area (Å²) < 4.78 is 1.70. The Labute approximate surface area is 131 Å². The van der Waals surface area contributed by atoms with E-state index in [1.54, 1.807) is 4.57 Å². The zero-order valence-electron chi connectivity index (χ0n) is 12.2. The van der Waals surface area contributed by atoms with Gasteiger partial charge in [-0.05, 0) is 36.4 Å². The smallest absolute Gasteiger partial charge is 0.262 e. The molecule has 2 aromatic heterocycles. The lowest BCUT2D eigenvalue weighted by Crippen LogP contribution is -2.20. The van der Waals surface area contributed by atoms with Crippen molar-refractivity contribution in [2.24, 2.45) is 0 Å². The van der Waals surface area contributed by atoms with Crippen LogP contribution >= 0.6 is 0 Å². The first-order chi connectivity index (χ1) is 11.2. The van der Waals surface area contributed by atoms with Gasteiger partial charge in [0.1, 0.15) is 5.69 Å². The first kappa shape index (κ1) is 12.3. The Morgan fingerprint density at radius 1 is 1.00 bits per heavy atom. The van der Waals surface area contributed by atoms with Crippen molar-refractivity contribution in [3.63, 3.8) is 0 Å². The lowest BCUT2D eigenvalue weighted by molar-refractivity contribution is 0.797. The molecule has 23 heavy (non-hydrogen) atoms. The minimum Gasteiger partial charge on any atom is -0.399 e. The van der Waals surface area contributed by atoms with Crippen LogP contribution in [0.5, 0.6) is 0 Å². The molecule has 5 heteroatoms. The van der Waals surface area contributed by atoms with Crippen molar-refractivity contribution in [1.29, 1.82) is 0 Å². The molecular weight excluding hydrogens is 288 g/mol. The van der Waals surface area contributed by atoms with Crippen LogP contribution in [-0.2, 0) is 6.54 Å². The summed E-state index contributed by atoms with van der Waals surface area (Å²) in [7, 11) is 0. The largest absolute Gasteiger partial charge is 0.399 e. The minimum atomic E-state index is -0.0211. The molecule has 0 unspecified atom stereocenters. The topological polar surface area (TPSA) is 73.8 Å². The standard InChI is InChI=1S/C18H12N4O/c19-12-5-6-14-10(8-12)7-11-9-22-17(16(11)20-14)21-15-4-2-1-3-13(15)18(22)23/h1-8H,9,19H2. The number of aromatic nitrogens is 3. The third-order valence-corrected chi connectivity index (χ3v) is 4.32. The van der Waals surface area contributed by atoms with E-state index in [0.717, 1.165) is 22.2 Å². The molecule has 0 fully saturated rings. The van der Waals surface area contributed by atoms with Gasteiger partial charge >= 0.3 is 0 Å². The molecule has 3 heterocycles. The molecule has 1 aliphatic rings. The molecule has 5 nitrogen and oxygen atoms in total. The number of fused-ring (bicyclic) bond motifs is 5. The zero-order valence-corrected chi connectivity index (χ0v) is 12.2. The average molecular weight is 300 g/mol. The molecule has 2 N–H and O–H groups in total. The Bertz CT molecular complexity index is 1180. The van der Waals surface area contributed by atoms with Gasteiger partial charge in [-0.15, -0.1) is 0 Å². The van der Waals surface area contributed by atoms with Crippen molar-refractivity contribution in [1.82, 2.24) is 14.5 Å². The second-order valence-electron chi connectivity index (χ2n) is 5.79. The van der Waals surface area contributed by atoms with E-state index in [-0.39, 0.29) is 5.56 Å². The van der Waals surface area contributed by atoms with Gasteiger partial charge in [0.25, 0.3) is 5.56 Å². The van der Waals surface area contributed by atoms with Crippen molar-refractivity contribution >= 4 is 27.5 Å². The first-order valence-corrected chi connectivity index (χ1v) is 7.40. The molecule has 0 spiro atoms. The van der Waals surface area contributed by atoms with E-state index in [2.05, 4.69) is 4.98 Å². The molecule has 0 aliphatic carbocycles. The van der Waals surface area contributed by atoms with Crippen LogP contribution in [0.4, 0.5) is 5.69 Å². The van der Waals surface area contributed by atoms with Crippen LogP contribution in [0.25, 0.3) is 33.3 Å². The van der Waals surface area contributed by atoms with E-state index >= 15 is 0 Å². The number of nitrogens with two attached hydrogens (primary N) is 1. The van der Waals surface area contributed by atoms with Gasteiger partial charge in [-0.1, -0.05) is 12.1 Å². The maximum atomic E-state index is 12.7. The van der Waals surface area contributed by atoms with Crippen LogP contribution in [0.15, 0.2) is 53.3 Å². The number of rotatable bonds is 0. The number of hydrogen-bond acceptors (Lipinski definition) is 4. The summed E-state index contributed by atoms with van der Waals surface area (Å²) in [6, 6.07) is 15.1. The van der Waals surface area contributed by atoms with Gasteiger partial charge in [0, 0.05) is 16.6 Å². The maximum absolute atomic E-state index is 12.7. The molecule has 110 valence electrons. The van der Waals surface area contributed by atoms with Crippen molar-refractivity contribution in [2.75, 3.05) is 5.73 Å². The highest BCUT2D eigenvalue weighted by Gasteiger charge is 2.24. The van der Waals surface area contributed by atoms with Crippen LogP contribution in [0.3, 0.4) is 0 Å². The summed E-state index contributed by atoms with van der Waals surface area (Å²) in [5.74, 6) is 0.641. The Balaban J connectivity index is 1.86. The molecule has 0 saturated heterocycles. The fourth-order valence-electron chi connectivity index (χ4n) is 3.22. The molecule has 0 radical (unpaired) electrons. The molecule has 0 saturated carbocycles. The van der Waals surface area contributed by atoms with E-state index < -0.39 is 0 Å². The molecule has 2 aromatic carbocycles. The summed E-state index contributed by atoms with van der Waals surface area (Å²) in [5, 5.41) is 1.62. The maximum Gasteiger partial charge on any atom is 0.262 e. The summed E-state index contributed by atoms with van der Waals surface area (Å²) in [6.07, 6.45) is 0. The highest BCUT2D eigenvalue weighted by Crippen LogP contribution is 2.31. The first-order valence-electron chi connectivity index (χ1n) is 7.40. The van der Waals surface area contributed by atoms with Gasteiger partial charge in [-0.2, -0.15) is 0 Å². The predicted molar refractivity (Wildman–Crippen MR) is 90.3 cm³/mol. The quantitative estimate of drug-likeness (QED) is 0.446. The van der Waals surface area contributed by atoms with E-state index in [1.807, 2.05) is 48.5 Å². The lowest BCUT2D eigenvalue weighted by atomic mass is 10.1. The minimum absolute atomic E-state index is 0.0211. The summed E-state index contributed by atoms with van der Waals surface area (Å²) in [4.78, 5) is 22.1. The van der Waals surface area contributed by atoms with Crippen LogP contribution in [0.1, 0.15) is 5.56 Å². The SMILES string of the molecule is Nc1ccc2nc3c(cc2c1)Cn1c-3nc2ccccc2c1=O. The van der Waals surface area contributed by atoms with Gasteiger partial charge in [-0.3, -0.25) is 9.36 Å². The number of hydrogen-bond donors (Lipinski definition) is 1. The number of para-hydroxylation sites is 1. The fourth-order valence-corrected chi connectivity index (χ4v) is 3.22. The van der Waals surface area contributed by atoms with Gasteiger partial charge in [0.15, 0.2) is 5.82 Å². The summed E-state index contributed by atoms with van der Waals surface area (Å²) in [5.41, 5.74) is 9.88. The second kappa shape index (κ2) is 4.16. The molecule has 4 aromatic rings. The summed E-state index contributed by atoms with van der Waals surface area (Å²) >= 11 is 0. The zero-order chi connectivity index (χ0) is 15.6. The number of pyridine rings is 1. The molecule has 0 amide bonds. The molecule has 1 aliphatic heterocycles. The van der Waals surface area contributed by atoms with Crippen molar-refractivity contribution in [3.8, 4) is 11.5 Å². The van der Waals surface area contributed by atoms with Gasteiger partial charge in [-0.25, -0.2) is 9.97 Å². The third-order valence-electron chi connectivity index (χ3n) is 4.32. The van der Waals surface area contributed by atoms with Crippen molar-refractivity contribution in [3.05, 3.63) is 64.4 Å². The number of anilines is 1. The monoisotopic (exact) mass is 300 g/mol. The highest BCUT2D eigenvalue weighted by atomic mass is 16.1. The van der Waals surface area contributed by atoms with E-state index in [0.29, 0.717) is 29.0 Å². The van der Waals surface area contributed by atoms with E-state index in [9.17, 15) is 4.79 Å². The molecule has 0 atom stereocenters. The van der Waals surface area contributed by atoms with Crippen LogP contribution in [0.2, 0.25) is 0 Å². The van der Waals surface area contributed by atoms with Crippen molar-refractivity contribution in [2.45, 2.75) is 6.54 Å². The van der Waals surface area contributed by atoms with Crippen LogP contribution < -0.4 is 11.3 Å². The van der Waals surface area contributed by atoms with Gasteiger partial charge in [0.2, 0.25) is 0 Å². The Morgan fingerprint density at radius 3 is 2.78 bits per heavy atom. The Kier molecular flexibility index (Phi) is 2.24. The third kappa shape index (κ3) is 1.64. The number of nitrogens with zero attached hydrogens (tertiary/aromatic N) is 3. The highest BCUT2D eigenvalue weighted by molar-refractivity contribution is 5.87. The van der Waals surface area contributed by atoms with E-state index in [4.69, 9.17) is 10.7 Å². The van der Waals surface area contributed by atoms with Crippen LogP contribution in [-0.4, -0.2) is 14.5 Å². The normalized spacial score (nSPS) is 12.5. The summed E-state index contributed by atoms with van der Waals surface area (Å²) in [6.45, 7) is 0.499. The second-order valence-corrected chi connectivity index (χ2v) is 5.79. The average Bonchev–Trinajstić information content (AvgIpc) is 2.91. The lowest BCUT2D eigenvalue weighted by Gasteiger charge is -2.04. The molecule has 0 bridgehead atoms. The van der Waals surface area contributed by atoms with E-state index in [1.165, 1.54) is 0 Å². The molecular formula is C18H12N4O. The number of nitrogen functional groups attached to an aromatic ring is 1. The number of benzene rings is 2.